The van der Waals surface area contributed by atoms with Crippen LogP contribution in [0.25, 0.3) is 0 Å². The van der Waals surface area contributed by atoms with Gasteiger partial charge < -0.3 is 14.8 Å². The summed E-state index contributed by atoms with van der Waals surface area (Å²) in [7, 11) is 1.57. The molecule has 4 nitrogen and oxygen atoms in total. The van der Waals surface area contributed by atoms with E-state index in [1.807, 2.05) is 12.1 Å². The molecular weight excluding hydrogens is 254 g/mol. The molecule has 0 atom stereocenters. The molecule has 1 N–H and O–H groups in total. The van der Waals surface area contributed by atoms with E-state index in [1.54, 1.807) is 19.2 Å². The molecule has 0 spiro atoms. The van der Waals surface area contributed by atoms with Gasteiger partial charge in [0.1, 0.15) is 5.75 Å². The van der Waals surface area contributed by atoms with Crippen molar-refractivity contribution in [3.8, 4) is 5.75 Å². The fourth-order valence-corrected chi connectivity index (χ4v) is 1.41. The van der Waals surface area contributed by atoms with E-state index >= 15 is 0 Å². The lowest BCUT2D eigenvalue weighted by Gasteiger charge is -2.07. The van der Waals surface area contributed by atoms with Crippen LogP contribution in [0.15, 0.2) is 24.3 Å². The molecule has 1 aromatic rings. The first-order valence-electron chi connectivity index (χ1n) is 5.84. The number of ether oxygens (including phenoxy) is 2. The monoisotopic (exact) mass is 271 g/mol. The highest BCUT2D eigenvalue weighted by atomic mass is 35.5. The first-order valence-corrected chi connectivity index (χ1v) is 6.37. The second-order valence-corrected chi connectivity index (χ2v) is 4.08. The van der Waals surface area contributed by atoms with Crippen molar-refractivity contribution in [3.63, 3.8) is 0 Å². The van der Waals surface area contributed by atoms with Crippen LogP contribution in [0.2, 0.25) is 0 Å². The van der Waals surface area contributed by atoms with Crippen LogP contribution in [0.5, 0.6) is 5.75 Å². The van der Waals surface area contributed by atoms with Crippen LogP contribution in [-0.4, -0.2) is 32.1 Å². The SMILES string of the molecule is COCCC(=O)Nc1ccc(OCCCCl)cc1. The molecule has 0 saturated carbocycles. The second-order valence-electron chi connectivity index (χ2n) is 3.71. The smallest absolute Gasteiger partial charge is 0.226 e. The fraction of sp³-hybridized carbons (Fsp3) is 0.462. The van der Waals surface area contributed by atoms with Crippen LogP contribution in [0, 0.1) is 0 Å². The third-order valence-corrected chi connectivity index (χ3v) is 2.49. The number of carbonyl (C=O) groups excluding carboxylic acids is 1. The van der Waals surface area contributed by atoms with Crippen molar-refractivity contribution in [2.24, 2.45) is 0 Å². The van der Waals surface area contributed by atoms with Crippen molar-refractivity contribution in [3.05, 3.63) is 24.3 Å². The molecule has 0 fully saturated rings. The molecule has 0 aliphatic heterocycles. The molecule has 0 unspecified atom stereocenters. The Kier molecular flexibility index (Phi) is 7.22. The second kappa shape index (κ2) is 8.78. The van der Waals surface area contributed by atoms with Crippen LogP contribution in [0.3, 0.4) is 0 Å². The van der Waals surface area contributed by atoms with Crippen molar-refractivity contribution < 1.29 is 14.3 Å². The number of carbonyl (C=O) groups is 1. The minimum absolute atomic E-state index is 0.0624. The lowest BCUT2D eigenvalue weighted by atomic mass is 10.3. The van der Waals surface area contributed by atoms with Gasteiger partial charge in [-0.3, -0.25) is 4.79 Å². The third kappa shape index (κ3) is 5.89. The third-order valence-electron chi connectivity index (χ3n) is 2.22. The van der Waals surface area contributed by atoms with Gasteiger partial charge in [0.15, 0.2) is 0 Å². The van der Waals surface area contributed by atoms with Gasteiger partial charge in [-0.25, -0.2) is 0 Å². The average Bonchev–Trinajstić information content (AvgIpc) is 2.39. The maximum absolute atomic E-state index is 11.4. The first kappa shape index (κ1) is 14.8. The number of amides is 1. The van der Waals surface area contributed by atoms with Gasteiger partial charge in [0.25, 0.3) is 0 Å². The Bertz CT molecular complexity index is 354. The van der Waals surface area contributed by atoms with Gasteiger partial charge >= 0.3 is 0 Å². The molecule has 1 amide bonds. The predicted octanol–water partition coefficient (Wildman–Crippen LogP) is 2.67. The number of alkyl halides is 1. The number of anilines is 1. The fourth-order valence-electron chi connectivity index (χ4n) is 1.30. The van der Waals surface area contributed by atoms with Gasteiger partial charge in [0.2, 0.25) is 5.91 Å². The molecule has 0 bridgehead atoms. The molecule has 0 saturated heterocycles. The minimum atomic E-state index is -0.0624. The molecule has 0 aliphatic rings. The lowest BCUT2D eigenvalue weighted by molar-refractivity contribution is -0.117. The van der Waals surface area contributed by atoms with Gasteiger partial charge in [-0.1, -0.05) is 0 Å². The summed E-state index contributed by atoms with van der Waals surface area (Å²) in [6.45, 7) is 1.02. The number of benzene rings is 1. The molecule has 1 rings (SSSR count). The minimum Gasteiger partial charge on any atom is -0.494 e. The standard InChI is InChI=1S/C13H18ClNO3/c1-17-10-7-13(16)15-11-3-5-12(6-4-11)18-9-2-8-14/h3-6H,2,7-10H2,1H3,(H,15,16). The van der Waals surface area contributed by atoms with Gasteiger partial charge in [0.05, 0.1) is 19.6 Å². The Morgan fingerprint density at radius 2 is 2.00 bits per heavy atom. The summed E-state index contributed by atoms with van der Waals surface area (Å²) in [5.74, 6) is 1.30. The maximum Gasteiger partial charge on any atom is 0.226 e. The molecule has 5 heteroatoms. The van der Waals surface area contributed by atoms with Crippen molar-refractivity contribution in [1.82, 2.24) is 0 Å². The highest BCUT2D eigenvalue weighted by Crippen LogP contribution is 2.16. The van der Waals surface area contributed by atoms with Crippen LogP contribution in [0.1, 0.15) is 12.8 Å². The summed E-state index contributed by atoms with van der Waals surface area (Å²) in [5.41, 5.74) is 0.751. The molecule has 0 aliphatic carbocycles. The van der Waals surface area contributed by atoms with Crippen LogP contribution in [0.4, 0.5) is 5.69 Å². The van der Waals surface area contributed by atoms with Crippen molar-refractivity contribution >= 4 is 23.2 Å². The van der Waals surface area contributed by atoms with E-state index in [-0.39, 0.29) is 5.91 Å². The van der Waals surface area contributed by atoms with Gasteiger partial charge in [-0.05, 0) is 30.7 Å². The van der Waals surface area contributed by atoms with E-state index in [1.165, 1.54) is 0 Å². The normalized spacial score (nSPS) is 10.1. The summed E-state index contributed by atoms with van der Waals surface area (Å²) in [5, 5.41) is 2.78. The number of rotatable bonds is 8. The van der Waals surface area contributed by atoms with Crippen molar-refractivity contribution in [1.29, 1.82) is 0 Å². The van der Waals surface area contributed by atoms with Crippen molar-refractivity contribution in [2.45, 2.75) is 12.8 Å². The zero-order valence-electron chi connectivity index (χ0n) is 10.4. The van der Waals surface area contributed by atoms with Gasteiger partial charge in [-0.15, -0.1) is 11.6 Å². The summed E-state index contributed by atoms with van der Waals surface area (Å²) in [6.07, 6.45) is 1.17. The van der Waals surface area contributed by atoms with Crippen molar-refractivity contribution in [2.75, 3.05) is 31.5 Å². The first-order chi connectivity index (χ1) is 8.76. The zero-order valence-corrected chi connectivity index (χ0v) is 11.2. The Labute approximate surface area is 112 Å². The Balaban J connectivity index is 2.37. The number of halogens is 1. The lowest BCUT2D eigenvalue weighted by Crippen LogP contribution is -2.13. The Hall–Kier alpha value is -1.26. The largest absolute Gasteiger partial charge is 0.494 e. The highest BCUT2D eigenvalue weighted by molar-refractivity contribution is 6.17. The average molecular weight is 272 g/mol. The number of hydrogen-bond acceptors (Lipinski definition) is 3. The molecule has 18 heavy (non-hydrogen) atoms. The van der Waals surface area contributed by atoms with Crippen LogP contribution >= 0.6 is 11.6 Å². The highest BCUT2D eigenvalue weighted by Gasteiger charge is 2.02. The number of nitrogens with one attached hydrogen (secondary N) is 1. The molecule has 0 radical (unpaired) electrons. The zero-order chi connectivity index (χ0) is 13.2. The quantitative estimate of drug-likeness (QED) is 0.584. The van der Waals surface area contributed by atoms with E-state index in [0.717, 1.165) is 17.9 Å². The van der Waals surface area contributed by atoms with Crippen LogP contribution < -0.4 is 10.1 Å². The van der Waals surface area contributed by atoms with Gasteiger partial charge in [-0.2, -0.15) is 0 Å². The van der Waals surface area contributed by atoms with Gasteiger partial charge in [0, 0.05) is 18.7 Å². The Morgan fingerprint density at radius 1 is 1.28 bits per heavy atom. The van der Waals surface area contributed by atoms with Crippen LogP contribution in [-0.2, 0) is 9.53 Å². The molecule has 1 aromatic carbocycles. The topological polar surface area (TPSA) is 47.6 Å². The van der Waals surface area contributed by atoms with E-state index in [9.17, 15) is 4.79 Å². The molecule has 100 valence electrons. The number of hydrogen-bond donors (Lipinski definition) is 1. The predicted molar refractivity (Wildman–Crippen MR) is 72.4 cm³/mol. The summed E-state index contributed by atoms with van der Waals surface area (Å²) >= 11 is 5.55. The molecule has 0 heterocycles. The molecular formula is C13H18ClNO3. The summed E-state index contributed by atoms with van der Waals surface area (Å²) in [6, 6.07) is 7.25. The Morgan fingerprint density at radius 3 is 2.61 bits per heavy atom. The maximum atomic E-state index is 11.4. The number of methoxy groups -OCH3 is 1. The summed E-state index contributed by atoms with van der Waals surface area (Å²) < 4.78 is 10.3. The van der Waals surface area contributed by atoms with E-state index in [0.29, 0.717) is 25.5 Å². The van der Waals surface area contributed by atoms with E-state index in [2.05, 4.69) is 5.32 Å². The molecule has 0 aromatic heterocycles. The van der Waals surface area contributed by atoms with E-state index < -0.39 is 0 Å². The summed E-state index contributed by atoms with van der Waals surface area (Å²) in [4.78, 5) is 11.4. The van der Waals surface area contributed by atoms with E-state index in [4.69, 9.17) is 21.1 Å².